The van der Waals surface area contributed by atoms with E-state index in [2.05, 4.69) is 11.9 Å². The van der Waals surface area contributed by atoms with Gasteiger partial charge in [-0.15, -0.1) is 12.4 Å². The van der Waals surface area contributed by atoms with Gasteiger partial charge in [0.25, 0.3) is 0 Å². The van der Waals surface area contributed by atoms with Gasteiger partial charge in [0.2, 0.25) is 0 Å². The van der Waals surface area contributed by atoms with Crippen molar-refractivity contribution in [1.29, 1.82) is 0 Å². The van der Waals surface area contributed by atoms with Gasteiger partial charge in [0.05, 0.1) is 12.0 Å². The van der Waals surface area contributed by atoms with Crippen LogP contribution in [0.4, 0.5) is 0 Å². The second-order valence-corrected chi connectivity index (χ2v) is 6.31. The van der Waals surface area contributed by atoms with Crippen LogP contribution in [0.5, 0.6) is 5.75 Å². The van der Waals surface area contributed by atoms with Crippen LogP contribution in [0.2, 0.25) is 0 Å². The SMILES string of the molecule is CCOC(=O)C1(c2cccc(O)c2)C[C@H]2CC[C@@H](C1)N2C.Cl. The van der Waals surface area contributed by atoms with Gasteiger partial charge in [-0.25, -0.2) is 0 Å². The van der Waals surface area contributed by atoms with E-state index < -0.39 is 5.41 Å². The van der Waals surface area contributed by atoms with Gasteiger partial charge in [-0.05, 0) is 57.4 Å². The van der Waals surface area contributed by atoms with Crippen molar-refractivity contribution in [2.24, 2.45) is 0 Å². The third-order valence-electron chi connectivity index (χ3n) is 5.22. The number of halogens is 1. The van der Waals surface area contributed by atoms with Crippen molar-refractivity contribution in [1.82, 2.24) is 4.90 Å². The Kier molecular flexibility index (Phi) is 5.03. The Labute approximate surface area is 137 Å². The second kappa shape index (κ2) is 6.47. The van der Waals surface area contributed by atoms with Gasteiger partial charge in [-0.3, -0.25) is 4.79 Å². The molecule has 0 aromatic heterocycles. The zero-order chi connectivity index (χ0) is 15.0. The molecule has 2 bridgehead atoms. The van der Waals surface area contributed by atoms with E-state index in [1.165, 1.54) is 0 Å². The number of hydrogen-bond donors (Lipinski definition) is 1. The first-order valence-corrected chi connectivity index (χ1v) is 7.75. The van der Waals surface area contributed by atoms with Gasteiger partial charge < -0.3 is 14.7 Å². The number of esters is 1. The maximum atomic E-state index is 12.7. The number of carbonyl (C=O) groups is 1. The monoisotopic (exact) mass is 325 g/mol. The molecular formula is C17H24ClNO3. The average Bonchev–Trinajstić information content (AvgIpc) is 2.70. The van der Waals surface area contributed by atoms with Gasteiger partial charge in [0, 0.05) is 12.1 Å². The predicted octanol–water partition coefficient (Wildman–Crippen LogP) is 2.87. The van der Waals surface area contributed by atoms with E-state index in [0.717, 1.165) is 31.2 Å². The quantitative estimate of drug-likeness (QED) is 0.868. The van der Waals surface area contributed by atoms with Crippen LogP contribution < -0.4 is 0 Å². The highest BCUT2D eigenvalue weighted by Gasteiger charge is 2.52. The van der Waals surface area contributed by atoms with E-state index in [1.807, 2.05) is 19.1 Å². The van der Waals surface area contributed by atoms with E-state index in [0.29, 0.717) is 18.7 Å². The number of phenols is 1. The Morgan fingerprint density at radius 1 is 1.36 bits per heavy atom. The molecule has 0 spiro atoms. The number of nitrogens with zero attached hydrogens (tertiary/aromatic N) is 1. The molecule has 5 heteroatoms. The van der Waals surface area contributed by atoms with Gasteiger partial charge in [0.1, 0.15) is 5.75 Å². The maximum absolute atomic E-state index is 12.7. The zero-order valence-electron chi connectivity index (χ0n) is 13.1. The summed E-state index contributed by atoms with van der Waals surface area (Å²) in [6, 6.07) is 7.98. The minimum Gasteiger partial charge on any atom is -0.508 e. The molecule has 2 heterocycles. The maximum Gasteiger partial charge on any atom is 0.316 e. The van der Waals surface area contributed by atoms with E-state index in [-0.39, 0.29) is 24.1 Å². The number of carbonyl (C=O) groups excluding carboxylic acids is 1. The molecule has 0 saturated carbocycles. The minimum atomic E-state index is -0.604. The third kappa shape index (κ3) is 2.70. The van der Waals surface area contributed by atoms with Gasteiger partial charge in [-0.2, -0.15) is 0 Å². The van der Waals surface area contributed by atoms with Crippen LogP contribution in [-0.4, -0.2) is 41.7 Å². The molecule has 2 fully saturated rings. The summed E-state index contributed by atoms with van der Waals surface area (Å²) in [5, 5.41) is 9.81. The van der Waals surface area contributed by atoms with Crippen molar-refractivity contribution < 1.29 is 14.6 Å². The van der Waals surface area contributed by atoms with Crippen LogP contribution in [0, 0.1) is 0 Å². The topological polar surface area (TPSA) is 49.8 Å². The first-order valence-electron chi connectivity index (χ1n) is 7.75. The highest BCUT2D eigenvalue weighted by Crippen LogP contribution is 2.47. The van der Waals surface area contributed by atoms with Crippen molar-refractivity contribution in [3.63, 3.8) is 0 Å². The Bertz CT molecular complexity index is 534. The number of phenolic OH excluding ortho intramolecular Hbond substituents is 1. The number of benzene rings is 1. The van der Waals surface area contributed by atoms with E-state index in [4.69, 9.17) is 4.74 Å². The number of rotatable bonds is 3. The van der Waals surface area contributed by atoms with Crippen molar-refractivity contribution in [3.8, 4) is 5.75 Å². The van der Waals surface area contributed by atoms with Gasteiger partial charge in [0.15, 0.2) is 0 Å². The molecule has 1 N–H and O–H groups in total. The summed E-state index contributed by atoms with van der Waals surface area (Å²) < 4.78 is 5.40. The van der Waals surface area contributed by atoms with Crippen LogP contribution in [0.25, 0.3) is 0 Å². The fourth-order valence-electron chi connectivity index (χ4n) is 4.06. The molecule has 2 saturated heterocycles. The van der Waals surface area contributed by atoms with Gasteiger partial charge in [-0.1, -0.05) is 12.1 Å². The molecule has 0 radical (unpaired) electrons. The molecular weight excluding hydrogens is 302 g/mol. The van der Waals surface area contributed by atoms with Crippen molar-refractivity contribution >= 4 is 18.4 Å². The molecule has 22 heavy (non-hydrogen) atoms. The Balaban J connectivity index is 0.00000176. The summed E-state index contributed by atoms with van der Waals surface area (Å²) in [6.45, 7) is 2.24. The molecule has 3 rings (SSSR count). The molecule has 3 atom stereocenters. The Morgan fingerprint density at radius 2 is 2.00 bits per heavy atom. The van der Waals surface area contributed by atoms with Crippen LogP contribution in [0.1, 0.15) is 38.2 Å². The fourth-order valence-corrected chi connectivity index (χ4v) is 4.06. The lowest BCUT2D eigenvalue weighted by Gasteiger charge is -2.43. The number of hydrogen-bond acceptors (Lipinski definition) is 4. The summed E-state index contributed by atoms with van der Waals surface area (Å²) >= 11 is 0. The molecule has 4 nitrogen and oxygen atoms in total. The summed E-state index contributed by atoms with van der Waals surface area (Å²) in [5.41, 5.74) is 0.290. The summed E-state index contributed by atoms with van der Waals surface area (Å²) in [7, 11) is 2.15. The van der Waals surface area contributed by atoms with E-state index in [9.17, 15) is 9.90 Å². The van der Waals surface area contributed by atoms with Crippen LogP contribution in [0.15, 0.2) is 24.3 Å². The lowest BCUT2D eigenvalue weighted by atomic mass is 9.70. The molecule has 1 aromatic rings. The number of ether oxygens (including phenoxy) is 1. The fraction of sp³-hybridized carbons (Fsp3) is 0.588. The molecule has 2 aliphatic heterocycles. The lowest BCUT2D eigenvalue weighted by Crippen LogP contribution is -2.52. The predicted molar refractivity (Wildman–Crippen MR) is 87.5 cm³/mol. The Morgan fingerprint density at radius 3 is 2.55 bits per heavy atom. The van der Waals surface area contributed by atoms with Crippen LogP contribution in [-0.2, 0) is 14.9 Å². The summed E-state index contributed by atoms with van der Waals surface area (Å²) in [6.07, 6.45) is 3.84. The summed E-state index contributed by atoms with van der Waals surface area (Å²) in [4.78, 5) is 15.1. The molecule has 1 unspecified atom stereocenters. The first kappa shape index (κ1) is 17.1. The average molecular weight is 326 g/mol. The van der Waals surface area contributed by atoms with E-state index >= 15 is 0 Å². The minimum absolute atomic E-state index is 0. The molecule has 1 aromatic carbocycles. The van der Waals surface area contributed by atoms with Crippen molar-refractivity contribution in [2.45, 2.75) is 50.1 Å². The van der Waals surface area contributed by atoms with Crippen molar-refractivity contribution in [3.05, 3.63) is 29.8 Å². The summed E-state index contributed by atoms with van der Waals surface area (Å²) in [5.74, 6) is 0.0723. The van der Waals surface area contributed by atoms with Crippen LogP contribution in [0.3, 0.4) is 0 Å². The van der Waals surface area contributed by atoms with E-state index in [1.54, 1.807) is 12.1 Å². The number of fused-ring (bicyclic) bond motifs is 2. The molecule has 122 valence electrons. The smallest absolute Gasteiger partial charge is 0.316 e. The third-order valence-corrected chi connectivity index (χ3v) is 5.22. The number of piperidine rings is 1. The standard InChI is InChI=1S/C17H23NO3.ClH/c1-3-21-16(20)17(12-5-4-6-15(19)9-12)10-13-7-8-14(11-17)18(13)2;/h4-6,9,13-14,19H,3,7-8,10-11H2,1-2H3;1H/t13-,14+,17?;. The normalized spacial score (nSPS) is 30.6. The molecule has 0 aliphatic carbocycles. The molecule has 0 amide bonds. The zero-order valence-corrected chi connectivity index (χ0v) is 13.9. The second-order valence-electron chi connectivity index (χ2n) is 6.31. The lowest BCUT2D eigenvalue weighted by molar-refractivity contribution is -0.153. The van der Waals surface area contributed by atoms with Crippen LogP contribution >= 0.6 is 12.4 Å². The number of aromatic hydroxyl groups is 1. The Hall–Kier alpha value is -1.26. The first-order chi connectivity index (χ1) is 10.1. The van der Waals surface area contributed by atoms with Crippen molar-refractivity contribution in [2.75, 3.05) is 13.7 Å². The highest BCUT2D eigenvalue weighted by atomic mass is 35.5. The largest absolute Gasteiger partial charge is 0.508 e. The molecule has 2 aliphatic rings. The van der Waals surface area contributed by atoms with Gasteiger partial charge >= 0.3 is 5.97 Å². The highest BCUT2D eigenvalue weighted by molar-refractivity contribution is 5.85.